The maximum absolute atomic E-state index is 6.22. The van der Waals surface area contributed by atoms with Crippen LogP contribution in [-0.2, 0) is 0 Å². The van der Waals surface area contributed by atoms with Gasteiger partial charge in [-0.1, -0.05) is 36.0 Å². The average Bonchev–Trinajstić information content (AvgIpc) is 2.79. The fourth-order valence-corrected chi connectivity index (χ4v) is 3.15. The molecule has 0 atom stereocenters. The van der Waals surface area contributed by atoms with Crippen LogP contribution in [0.4, 0.5) is 17.3 Å². The lowest BCUT2D eigenvalue weighted by Crippen LogP contribution is -2.25. The normalized spacial score (nSPS) is 15.3. The number of aryl methyl sites for hydroxylation is 1. The molecule has 1 saturated heterocycles. The highest BCUT2D eigenvalue weighted by Crippen LogP contribution is 2.29. The molecule has 0 radical (unpaired) electrons. The van der Waals surface area contributed by atoms with Gasteiger partial charge >= 0.3 is 0 Å². The third-order valence-corrected chi connectivity index (χ3v) is 4.51. The minimum absolute atomic E-state index is 0.613. The molecule has 1 aliphatic rings. The number of hydrogen-bond donors (Lipinski definition) is 1. The maximum atomic E-state index is 6.22. The van der Waals surface area contributed by atoms with Gasteiger partial charge < -0.3 is 10.2 Å². The summed E-state index contributed by atoms with van der Waals surface area (Å²) in [6.07, 6.45) is 5.02. The van der Waals surface area contributed by atoms with E-state index < -0.39 is 0 Å². The summed E-state index contributed by atoms with van der Waals surface area (Å²) in [6.45, 7) is 4.01. The molecule has 0 unspecified atom stereocenters. The van der Waals surface area contributed by atoms with E-state index in [9.17, 15) is 0 Å². The van der Waals surface area contributed by atoms with E-state index in [0.717, 1.165) is 36.2 Å². The van der Waals surface area contributed by atoms with Crippen LogP contribution in [0.25, 0.3) is 0 Å². The van der Waals surface area contributed by atoms with Crippen LogP contribution >= 0.6 is 23.2 Å². The number of hydrogen-bond acceptors (Lipinski definition) is 4. The summed E-state index contributed by atoms with van der Waals surface area (Å²) in [6, 6.07) is 7.32. The lowest BCUT2D eigenvalue weighted by atomic mass is 10.2. The minimum atomic E-state index is 0.613. The predicted octanol–water partition coefficient (Wildman–Crippen LogP) is 5.22. The van der Waals surface area contributed by atoms with Crippen molar-refractivity contribution in [3.05, 3.63) is 40.1 Å². The van der Waals surface area contributed by atoms with Gasteiger partial charge in [-0.25, -0.2) is 9.97 Å². The Bertz CT molecular complexity index is 682. The van der Waals surface area contributed by atoms with E-state index in [1.54, 1.807) is 18.2 Å². The third-order valence-electron chi connectivity index (χ3n) is 3.95. The molecule has 23 heavy (non-hydrogen) atoms. The second-order valence-electron chi connectivity index (χ2n) is 5.81. The van der Waals surface area contributed by atoms with Crippen molar-refractivity contribution in [2.24, 2.45) is 0 Å². The predicted molar refractivity (Wildman–Crippen MR) is 97.2 cm³/mol. The Hall–Kier alpha value is -1.52. The summed E-state index contributed by atoms with van der Waals surface area (Å²) in [5.41, 5.74) is 0.749. The third kappa shape index (κ3) is 4.27. The van der Waals surface area contributed by atoms with Gasteiger partial charge in [-0.3, -0.25) is 0 Å². The van der Waals surface area contributed by atoms with Crippen molar-refractivity contribution in [3.8, 4) is 0 Å². The molecule has 1 N–H and O–H groups in total. The number of anilines is 3. The Labute approximate surface area is 146 Å². The zero-order valence-electron chi connectivity index (χ0n) is 13.1. The smallest absolute Gasteiger partial charge is 0.136 e. The largest absolute Gasteiger partial charge is 0.356 e. The van der Waals surface area contributed by atoms with Gasteiger partial charge in [-0.2, -0.15) is 0 Å². The summed E-state index contributed by atoms with van der Waals surface area (Å²) >= 11 is 12.3. The Morgan fingerprint density at radius 1 is 1.00 bits per heavy atom. The van der Waals surface area contributed by atoms with E-state index in [-0.39, 0.29) is 0 Å². The molecule has 1 fully saturated rings. The van der Waals surface area contributed by atoms with Crippen LogP contribution in [0, 0.1) is 6.92 Å². The van der Waals surface area contributed by atoms with Gasteiger partial charge in [0.1, 0.15) is 17.5 Å². The number of rotatable bonds is 3. The monoisotopic (exact) mass is 350 g/mol. The maximum Gasteiger partial charge on any atom is 0.136 e. The number of benzene rings is 1. The summed E-state index contributed by atoms with van der Waals surface area (Å²) in [5.74, 6) is 2.45. The Kier molecular flexibility index (Phi) is 5.23. The van der Waals surface area contributed by atoms with Crippen molar-refractivity contribution in [3.63, 3.8) is 0 Å². The van der Waals surface area contributed by atoms with Crippen LogP contribution in [0.15, 0.2) is 24.3 Å². The van der Waals surface area contributed by atoms with Gasteiger partial charge in [-0.15, -0.1) is 0 Å². The molecule has 6 heteroatoms. The summed E-state index contributed by atoms with van der Waals surface area (Å²) in [7, 11) is 0. The number of aromatic nitrogens is 2. The van der Waals surface area contributed by atoms with Gasteiger partial charge in [0.15, 0.2) is 0 Å². The lowest BCUT2D eigenvalue weighted by molar-refractivity contribution is 0.726. The molecule has 122 valence electrons. The Balaban J connectivity index is 1.86. The topological polar surface area (TPSA) is 41.1 Å². The molecule has 2 heterocycles. The van der Waals surface area contributed by atoms with Crippen molar-refractivity contribution in [1.82, 2.24) is 9.97 Å². The molecule has 0 aliphatic carbocycles. The first-order chi connectivity index (χ1) is 11.1. The van der Waals surface area contributed by atoms with Crippen LogP contribution in [-0.4, -0.2) is 23.1 Å². The van der Waals surface area contributed by atoms with Gasteiger partial charge in [0, 0.05) is 24.2 Å². The van der Waals surface area contributed by atoms with Crippen molar-refractivity contribution < 1.29 is 0 Å². The molecule has 2 aromatic rings. The van der Waals surface area contributed by atoms with E-state index in [2.05, 4.69) is 20.2 Å². The van der Waals surface area contributed by atoms with E-state index in [0.29, 0.717) is 10.0 Å². The standard InChI is InChI=1S/C17H20Cl2N4/c1-12-20-16(22-15-10-13(18)6-7-14(15)19)11-17(21-12)23-8-4-2-3-5-9-23/h6-7,10-11H,2-5,8-9H2,1H3,(H,20,21,22). The highest BCUT2D eigenvalue weighted by molar-refractivity contribution is 6.35. The summed E-state index contributed by atoms with van der Waals surface area (Å²) < 4.78 is 0. The molecule has 4 nitrogen and oxygen atoms in total. The first kappa shape index (κ1) is 16.3. The Morgan fingerprint density at radius 2 is 1.74 bits per heavy atom. The highest BCUT2D eigenvalue weighted by atomic mass is 35.5. The number of nitrogens with one attached hydrogen (secondary N) is 1. The Morgan fingerprint density at radius 3 is 2.48 bits per heavy atom. The van der Waals surface area contributed by atoms with Crippen LogP contribution in [0.5, 0.6) is 0 Å². The quantitative estimate of drug-likeness (QED) is 0.824. The molecular formula is C17H20Cl2N4. The number of halogens is 2. The van der Waals surface area contributed by atoms with E-state index in [1.165, 1.54) is 25.7 Å². The molecule has 0 saturated carbocycles. The van der Waals surface area contributed by atoms with Gasteiger partial charge in [0.25, 0.3) is 0 Å². The summed E-state index contributed by atoms with van der Waals surface area (Å²) in [4.78, 5) is 11.4. The van der Waals surface area contributed by atoms with Crippen molar-refractivity contribution in [2.45, 2.75) is 32.6 Å². The van der Waals surface area contributed by atoms with Crippen molar-refractivity contribution in [2.75, 3.05) is 23.3 Å². The van der Waals surface area contributed by atoms with Crippen LogP contribution in [0.3, 0.4) is 0 Å². The molecule has 0 amide bonds. The molecule has 3 rings (SSSR count). The summed E-state index contributed by atoms with van der Waals surface area (Å²) in [5, 5.41) is 4.50. The molecule has 1 aliphatic heterocycles. The first-order valence-corrected chi connectivity index (χ1v) is 8.70. The van der Waals surface area contributed by atoms with Crippen molar-refractivity contribution in [1.29, 1.82) is 0 Å². The lowest BCUT2D eigenvalue weighted by Gasteiger charge is -2.22. The molecule has 1 aromatic carbocycles. The zero-order chi connectivity index (χ0) is 16.2. The SMILES string of the molecule is Cc1nc(Nc2cc(Cl)ccc2Cl)cc(N2CCCCCC2)n1. The van der Waals surface area contributed by atoms with E-state index >= 15 is 0 Å². The first-order valence-electron chi connectivity index (χ1n) is 7.94. The minimum Gasteiger partial charge on any atom is -0.356 e. The average molecular weight is 351 g/mol. The highest BCUT2D eigenvalue weighted by Gasteiger charge is 2.13. The van der Waals surface area contributed by atoms with Crippen LogP contribution in [0.2, 0.25) is 10.0 Å². The van der Waals surface area contributed by atoms with Crippen LogP contribution in [0.1, 0.15) is 31.5 Å². The van der Waals surface area contributed by atoms with Crippen molar-refractivity contribution >= 4 is 40.5 Å². The number of nitrogens with zero attached hydrogens (tertiary/aromatic N) is 3. The van der Waals surface area contributed by atoms with Gasteiger partial charge in [0.2, 0.25) is 0 Å². The fourth-order valence-electron chi connectivity index (χ4n) is 2.81. The molecular weight excluding hydrogens is 331 g/mol. The fraction of sp³-hybridized carbons (Fsp3) is 0.412. The van der Waals surface area contributed by atoms with Crippen LogP contribution < -0.4 is 10.2 Å². The second kappa shape index (κ2) is 7.37. The van der Waals surface area contributed by atoms with Gasteiger partial charge in [0.05, 0.1) is 10.7 Å². The second-order valence-corrected chi connectivity index (χ2v) is 6.65. The van der Waals surface area contributed by atoms with Gasteiger partial charge in [-0.05, 0) is 38.0 Å². The van der Waals surface area contributed by atoms with E-state index in [1.807, 2.05) is 13.0 Å². The molecule has 0 spiro atoms. The van der Waals surface area contributed by atoms with E-state index in [4.69, 9.17) is 23.2 Å². The molecule has 1 aromatic heterocycles. The zero-order valence-corrected chi connectivity index (χ0v) is 14.7. The molecule has 0 bridgehead atoms.